The van der Waals surface area contributed by atoms with Crippen LogP contribution in [-0.2, 0) is 10.8 Å². The number of pyridine rings is 1. The van der Waals surface area contributed by atoms with Gasteiger partial charge in [0, 0.05) is 39.4 Å². The molecule has 0 saturated carbocycles. The minimum absolute atomic E-state index is 0.422. The van der Waals surface area contributed by atoms with Crippen LogP contribution in [0.2, 0.25) is 0 Å². The molecule has 3 rings (SSSR count). The second kappa shape index (κ2) is 5.29. The van der Waals surface area contributed by atoms with Gasteiger partial charge in [0.1, 0.15) is 0 Å². The van der Waals surface area contributed by atoms with Gasteiger partial charge in [0.25, 0.3) is 0 Å². The van der Waals surface area contributed by atoms with Gasteiger partial charge in [-0.15, -0.1) is 0 Å². The predicted octanol–water partition coefficient (Wildman–Crippen LogP) is 2.87. The molecule has 3 nitrogen and oxygen atoms in total. The topological polar surface area (TPSA) is 42.0 Å². The van der Waals surface area contributed by atoms with Crippen LogP contribution in [0.1, 0.15) is 18.5 Å². The molecule has 1 fully saturated rings. The van der Waals surface area contributed by atoms with E-state index in [1.807, 2.05) is 13.0 Å². The SMILES string of the molecule is Cc1ccc2cccc(NC3CCS(=O)CC3)c2n1. The zero-order chi connectivity index (χ0) is 13.2. The Morgan fingerprint density at radius 2 is 2.00 bits per heavy atom. The van der Waals surface area contributed by atoms with E-state index in [1.54, 1.807) is 0 Å². The third-order valence-corrected chi connectivity index (χ3v) is 4.99. The summed E-state index contributed by atoms with van der Waals surface area (Å²) in [6.07, 6.45) is 1.96. The molecule has 100 valence electrons. The lowest BCUT2D eigenvalue weighted by Gasteiger charge is -2.24. The first-order chi connectivity index (χ1) is 9.22. The quantitative estimate of drug-likeness (QED) is 0.915. The molecule has 0 amide bonds. The average Bonchev–Trinajstić information content (AvgIpc) is 2.42. The maximum absolute atomic E-state index is 11.4. The summed E-state index contributed by atoms with van der Waals surface area (Å²) in [5.41, 5.74) is 3.17. The normalized spacial score (nSPS) is 23.4. The minimum Gasteiger partial charge on any atom is -0.380 e. The lowest BCUT2D eigenvalue weighted by Crippen LogP contribution is -2.29. The third kappa shape index (κ3) is 2.78. The van der Waals surface area contributed by atoms with Crippen LogP contribution in [0.25, 0.3) is 10.9 Å². The monoisotopic (exact) mass is 274 g/mol. The standard InChI is InChI=1S/C15H18N2OS/c1-11-5-6-12-3-2-4-14(15(12)16-11)17-13-7-9-19(18)10-8-13/h2-6,13,17H,7-10H2,1H3. The van der Waals surface area contributed by atoms with Crippen LogP contribution in [0.3, 0.4) is 0 Å². The van der Waals surface area contributed by atoms with Gasteiger partial charge in [0.15, 0.2) is 0 Å². The number of anilines is 1. The molecule has 2 aromatic rings. The van der Waals surface area contributed by atoms with Crippen LogP contribution in [0.15, 0.2) is 30.3 Å². The number of para-hydroxylation sites is 1. The summed E-state index contributed by atoms with van der Waals surface area (Å²) in [6, 6.07) is 10.8. The number of rotatable bonds is 2. The molecule has 19 heavy (non-hydrogen) atoms. The van der Waals surface area contributed by atoms with Gasteiger partial charge in [0.2, 0.25) is 0 Å². The van der Waals surface area contributed by atoms with Gasteiger partial charge in [-0.05, 0) is 31.9 Å². The summed E-state index contributed by atoms with van der Waals surface area (Å²) in [6.45, 7) is 2.01. The number of nitrogens with zero attached hydrogens (tertiary/aromatic N) is 1. The highest BCUT2D eigenvalue weighted by Gasteiger charge is 2.18. The Kier molecular flexibility index (Phi) is 3.51. The second-order valence-corrected chi connectivity index (χ2v) is 6.79. The van der Waals surface area contributed by atoms with E-state index in [1.165, 1.54) is 0 Å². The zero-order valence-corrected chi connectivity index (χ0v) is 11.9. The number of fused-ring (bicyclic) bond motifs is 1. The Labute approximate surface area is 115 Å². The van der Waals surface area contributed by atoms with Crippen molar-refractivity contribution < 1.29 is 4.21 Å². The summed E-state index contributed by atoms with van der Waals surface area (Å²) >= 11 is 0. The molecule has 1 N–H and O–H groups in total. The second-order valence-electron chi connectivity index (χ2n) is 5.10. The molecular weight excluding hydrogens is 256 g/mol. The average molecular weight is 274 g/mol. The first-order valence-corrected chi connectivity index (χ1v) is 8.19. The highest BCUT2D eigenvalue weighted by Crippen LogP contribution is 2.24. The fraction of sp³-hybridized carbons (Fsp3) is 0.400. The van der Waals surface area contributed by atoms with Gasteiger partial charge in [-0.1, -0.05) is 18.2 Å². The Morgan fingerprint density at radius 3 is 2.79 bits per heavy atom. The van der Waals surface area contributed by atoms with E-state index in [0.29, 0.717) is 6.04 Å². The van der Waals surface area contributed by atoms with Crippen LogP contribution in [-0.4, -0.2) is 26.7 Å². The summed E-state index contributed by atoms with van der Waals surface area (Å²) in [5.74, 6) is 1.63. The van der Waals surface area contributed by atoms with Gasteiger partial charge >= 0.3 is 0 Å². The first-order valence-electron chi connectivity index (χ1n) is 6.70. The molecule has 0 spiro atoms. The summed E-state index contributed by atoms with van der Waals surface area (Å²) in [7, 11) is -0.605. The van der Waals surface area contributed by atoms with Crippen molar-refractivity contribution >= 4 is 27.4 Å². The largest absolute Gasteiger partial charge is 0.380 e. The minimum atomic E-state index is -0.605. The molecule has 0 radical (unpaired) electrons. The summed E-state index contributed by atoms with van der Waals surface area (Å²) in [5, 5.41) is 4.74. The molecule has 0 atom stereocenters. The highest BCUT2D eigenvalue weighted by molar-refractivity contribution is 7.85. The Balaban J connectivity index is 1.88. The molecule has 2 heterocycles. The molecular formula is C15H18N2OS. The van der Waals surface area contributed by atoms with Gasteiger partial charge < -0.3 is 5.32 Å². The number of hydrogen-bond donors (Lipinski definition) is 1. The molecule has 1 saturated heterocycles. The van der Waals surface area contributed by atoms with Gasteiger partial charge in [-0.3, -0.25) is 9.19 Å². The lowest BCUT2D eigenvalue weighted by atomic mass is 10.1. The molecule has 1 aliphatic rings. The Bertz CT molecular complexity index is 617. The van der Waals surface area contributed by atoms with Crippen molar-refractivity contribution in [3.63, 3.8) is 0 Å². The van der Waals surface area contributed by atoms with E-state index < -0.39 is 10.8 Å². The fourth-order valence-corrected chi connectivity index (χ4v) is 3.82. The number of aryl methyl sites for hydroxylation is 1. The Morgan fingerprint density at radius 1 is 1.21 bits per heavy atom. The van der Waals surface area contributed by atoms with E-state index in [-0.39, 0.29) is 0 Å². The van der Waals surface area contributed by atoms with Crippen molar-refractivity contribution in [3.8, 4) is 0 Å². The van der Waals surface area contributed by atoms with Gasteiger partial charge in [-0.2, -0.15) is 0 Å². The van der Waals surface area contributed by atoms with E-state index in [0.717, 1.165) is 46.6 Å². The summed E-state index contributed by atoms with van der Waals surface area (Å²) in [4.78, 5) is 4.63. The lowest BCUT2D eigenvalue weighted by molar-refractivity contribution is 0.624. The van der Waals surface area contributed by atoms with E-state index in [9.17, 15) is 4.21 Å². The van der Waals surface area contributed by atoms with Crippen LogP contribution < -0.4 is 5.32 Å². The molecule has 0 unspecified atom stereocenters. The van der Waals surface area contributed by atoms with Crippen LogP contribution in [0.4, 0.5) is 5.69 Å². The number of hydrogen-bond acceptors (Lipinski definition) is 3. The zero-order valence-electron chi connectivity index (χ0n) is 11.1. The van der Waals surface area contributed by atoms with Crippen molar-refractivity contribution in [1.82, 2.24) is 4.98 Å². The van der Waals surface area contributed by atoms with Crippen molar-refractivity contribution in [2.75, 3.05) is 16.8 Å². The van der Waals surface area contributed by atoms with E-state index in [2.05, 4.69) is 34.6 Å². The van der Waals surface area contributed by atoms with Crippen molar-refractivity contribution in [2.24, 2.45) is 0 Å². The molecule has 0 aliphatic carbocycles. The van der Waals surface area contributed by atoms with Crippen LogP contribution in [0, 0.1) is 6.92 Å². The highest BCUT2D eigenvalue weighted by atomic mass is 32.2. The maximum atomic E-state index is 11.4. The number of benzene rings is 1. The van der Waals surface area contributed by atoms with E-state index in [4.69, 9.17) is 0 Å². The smallest absolute Gasteiger partial charge is 0.0936 e. The van der Waals surface area contributed by atoms with E-state index >= 15 is 0 Å². The first kappa shape index (κ1) is 12.6. The molecule has 1 aliphatic heterocycles. The number of nitrogens with one attached hydrogen (secondary N) is 1. The molecule has 0 bridgehead atoms. The van der Waals surface area contributed by atoms with Crippen molar-refractivity contribution in [3.05, 3.63) is 36.0 Å². The predicted molar refractivity (Wildman–Crippen MR) is 81.0 cm³/mol. The summed E-state index contributed by atoms with van der Waals surface area (Å²) < 4.78 is 11.4. The van der Waals surface area contributed by atoms with Gasteiger partial charge in [-0.25, -0.2) is 0 Å². The van der Waals surface area contributed by atoms with Gasteiger partial charge in [0.05, 0.1) is 11.2 Å². The molecule has 1 aromatic carbocycles. The third-order valence-electron chi connectivity index (χ3n) is 3.61. The van der Waals surface area contributed by atoms with Crippen molar-refractivity contribution in [1.29, 1.82) is 0 Å². The van der Waals surface area contributed by atoms with Crippen LogP contribution >= 0.6 is 0 Å². The van der Waals surface area contributed by atoms with Crippen LogP contribution in [0.5, 0.6) is 0 Å². The Hall–Kier alpha value is -1.42. The number of aromatic nitrogens is 1. The fourth-order valence-electron chi connectivity index (χ4n) is 2.52. The maximum Gasteiger partial charge on any atom is 0.0936 e. The molecule has 1 aromatic heterocycles. The van der Waals surface area contributed by atoms with Crippen molar-refractivity contribution in [2.45, 2.75) is 25.8 Å². The molecule has 4 heteroatoms.